The number of furan rings is 1. The van der Waals surface area contributed by atoms with Crippen molar-refractivity contribution in [2.24, 2.45) is 0 Å². The smallest absolute Gasteiger partial charge is 0.247 e. The SMILES string of the molecule is C=CC(=O)Nc1cc(N2CCN(CC)CC2)ccc1Cc1cc2cc(C(=O)c3cc(C)cc(OC)c3)oc2cn1. The molecule has 0 atom stereocenters. The minimum Gasteiger partial charge on any atom is -0.497 e. The van der Waals surface area contributed by atoms with Gasteiger partial charge in [-0.05, 0) is 73.1 Å². The first-order valence-corrected chi connectivity index (χ1v) is 13.5. The van der Waals surface area contributed by atoms with Gasteiger partial charge in [-0.3, -0.25) is 14.6 Å². The molecule has 1 N–H and O–H groups in total. The molecular formula is C32H34N4O4. The predicted molar refractivity (Wildman–Crippen MR) is 158 cm³/mol. The van der Waals surface area contributed by atoms with Crippen molar-refractivity contribution in [1.82, 2.24) is 9.88 Å². The van der Waals surface area contributed by atoms with Crippen LogP contribution in [0.15, 0.2) is 71.8 Å². The number of piperazine rings is 1. The summed E-state index contributed by atoms with van der Waals surface area (Å²) in [7, 11) is 1.58. The fourth-order valence-electron chi connectivity index (χ4n) is 5.07. The molecule has 1 aliphatic rings. The van der Waals surface area contributed by atoms with E-state index in [-0.39, 0.29) is 17.5 Å². The van der Waals surface area contributed by atoms with Gasteiger partial charge in [-0.2, -0.15) is 0 Å². The van der Waals surface area contributed by atoms with Gasteiger partial charge in [0.1, 0.15) is 5.75 Å². The molecule has 0 unspecified atom stereocenters. The van der Waals surface area contributed by atoms with Crippen LogP contribution < -0.4 is 15.0 Å². The topological polar surface area (TPSA) is 87.9 Å². The minimum absolute atomic E-state index is 0.218. The Bertz CT molecular complexity index is 1570. The highest BCUT2D eigenvalue weighted by Crippen LogP contribution is 2.29. The molecule has 4 aromatic rings. The van der Waals surface area contributed by atoms with Crippen LogP contribution in [0.1, 0.15) is 39.9 Å². The number of likely N-dealkylation sites (N-methyl/N-ethyl adjacent to an activating group) is 1. The Morgan fingerprint density at radius 3 is 2.62 bits per heavy atom. The maximum Gasteiger partial charge on any atom is 0.247 e. The summed E-state index contributed by atoms with van der Waals surface area (Å²) in [5.74, 6) is 0.387. The molecule has 0 saturated carbocycles. The molecule has 206 valence electrons. The van der Waals surface area contributed by atoms with E-state index in [2.05, 4.69) is 39.7 Å². The molecule has 5 rings (SSSR count). The largest absolute Gasteiger partial charge is 0.497 e. The van der Waals surface area contributed by atoms with E-state index in [4.69, 9.17) is 9.15 Å². The Hall–Kier alpha value is -4.43. The monoisotopic (exact) mass is 538 g/mol. The summed E-state index contributed by atoms with van der Waals surface area (Å²) in [6, 6.07) is 15.2. The average molecular weight is 539 g/mol. The Morgan fingerprint density at radius 1 is 1.10 bits per heavy atom. The van der Waals surface area contributed by atoms with Gasteiger partial charge in [0.15, 0.2) is 11.3 Å². The summed E-state index contributed by atoms with van der Waals surface area (Å²) in [5, 5.41) is 3.76. The number of amides is 1. The number of hydrogen-bond acceptors (Lipinski definition) is 7. The molecule has 8 nitrogen and oxygen atoms in total. The van der Waals surface area contributed by atoms with Crippen molar-refractivity contribution in [3.63, 3.8) is 0 Å². The molecule has 1 saturated heterocycles. The van der Waals surface area contributed by atoms with Gasteiger partial charge in [0.2, 0.25) is 11.7 Å². The minimum atomic E-state index is -0.261. The summed E-state index contributed by atoms with van der Waals surface area (Å²) in [6.45, 7) is 12.7. The zero-order valence-electron chi connectivity index (χ0n) is 23.2. The lowest BCUT2D eigenvalue weighted by atomic mass is 10.0. The van der Waals surface area contributed by atoms with Gasteiger partial charge < -0.3 is 24.3 Å². The van der Waals surface area contributed by atoms with E-state index in [0.717, 1.165) is 66.3 Å². The number of fused-ring (bicyclic) bond motifs is 1. The molecule has 0 radical (unpaired) electrons. The van der Waals surface area contributed by atoms with E-state index in [0.29, 0.717) is 23.3 Å². The Balaban J connectivity index is 1.40. The molecule has 1 amide bonds. The molecule has 2 aromatic carbocycles. The van der Waals surface area contributed by atoms with Crippen molar-refractivity contribution in [2.75, 3.05) is 50.1 Å². The maximum absolute atomic E-state index is 13.2. The van der Waals surface area contributed by atoms with E-state index < -0.39 is 0 Å². The molecule has 0 aliphatic carbocycles. The standard InChI is InChI=1S/C32H34N4O4/c1-5-31(37)34-28-19-26(36-11-9-35(6-2)10-12-36)8-7-22(28)15-25-16-23-18-29(40-30(23)20-33-25)32(38)24-13-21(3)14-27(17-24)39-4/h5,7-8,13-14,16-20H,1,6,9-12,15H2,2-4H3,(H,34,37). The highest BCUT2D eigenvalue weighted by molar-refractivity contribution is 6.09. The van der Waals surface area contributed by atoms with Crippen molar-refractivity contribution in [1.29, 1.82) is 0 Å². The van der Waals surface area contributed by atoms with Gasteiger partial charge in [-0.25, -0.2) is 0 Å². The van der Waals surface area contributed by atoms with Crippen molar-refractivity contribution in [3.05, 3.63) is 95.5 Å². The number of nitrogens with zero attached hydrogens (tertiary/aromatic N) is 3. The van der Waals surface area contributed by atoms with Crippen LogP contribution in [-0.2, 0) is 11.2 Å². The highest BCUT2D eigenvalue weighted by Gasteiger charge is 2.19. The van der Waals surface area contributed by atoms with E-state index in [1.165, 1.54) is 6.08 Å². The lowest BCUT2D eigenvalue weighted by Crippen LogP contribution is -2.46. The predicted octanol–water partition coefficient (Wildman–Crippen LogP) is 5.23. The molecule has 40 heavy (non-hydrogen) atoms. The second-order valence-electron chi connectivity index (χ2n) is 10.0. The van der Waals surface area contributed by atoms with E-state index in [9.17, 15) is 9.59 Å². The van der Waals surface area contributed by atoms with Crippen molar-refractivity contribution in [3.8, 4) is 5.75 Å². The first-order chi connectivity index (χ1) is 19.4. The number of benzene rings is 2. The summed E-state index contributed by atoms with van der Waals surface area (Å²) < 4.78 is 11.2. The van der Waals surface area contributed by atoms with E-state index in [1.54, 1.807) is 25.4 Å². The van der Waals surface area contributed by atoms with Crippen LogP contribution >= 0.6 is 0 Å². The van der Waals surface area contributed by atoms with Crippen LogP contribution in [0.2, 0.25) is 0 Å². The molecule has 0 spiro atoms. The van der Waals surface area contributed by atoms with Gasteiger partial charge in [0.25, 0.3) is 0 Å². The number of rotatable bonds is 9. The third kappa shape index (κ3) is 5.92. The molecule has 1 fully saturated rings. The Labute approximate surface area is 234 Å². The Kier molecular flexibility index (Phi) is 7.98. The van der Waals surface area contributed by atoms with Gasteiger partial charge in [-0.15, -0.1) is 0 Å². The third-order valence-corrected chi connectivity index (χ3v) is 7.33. The van der Waals surface area contributed by atoms with Crippen LogP contribution in [0.4, 0.5) is 11.4 Å². The quantitative estimate of drug-likeness (QED) is 0.231. The van der Waals surface area contributed by atoms with Crippen molar-refractivity contribution < 1.29 is 18.7 Å². The summed E-state index contributed by atoms with van der Waals surface area (Å²) >= 11 is 0. The molecular weight excluding hydrogens is 504 g/mol. The van der Waals surface area contributed by atoms with Gasteiger partial charge >= 0.3 is 0 Å². The number of aromatic nitrogens is 1. The molecule has 3 heterocycles. The fraction of sp³-hybridized carbons (Fsp3) is 0.281. The number of ketones is 1. The number of nitrogens with one attached hydrogen (secondary N) is 1. The number of methoxy groups -OCH3 is 1. The van der Waals surface area contributed by atoms with Crippen LogP contribution in [0.5, 0.6) is 5.75 Å². The zero-order valence-corrected chi connectivity index (χ0v) is 23.2. The normalized spacial score (nSPS) is 13.8. The third-order valence-electron chi connectivity index (χ3n) is 7.33. The van der Waals surface area contributed by atoms with E-state index in [1.807, 2.05) is 37.3 Å². The summed E-state index contributed by atoms with van der Waals surface area (Å²) in [4.78, 5) is 34.8. The number of carbonyl (C=O) groups is 2. The van der Waals surface area contributed by atoms with Crippen molar-refractivity contribution >= 4 is 34.0 Å². The molecule has 2 aromatic heterocycles. The lowest BCUT2D eigenvalue weighted by Gasteiger charge is -2.35. The molecule has 1 aliphatic heterocycles. The number of ether oxygens (including phenoxy) is 1. The van der Waals surface area contributed by atoms with Crippen LogP contribution in [0.25, 0.3) is 11.0 Å². The van der Waals surface area contributed by atoms with E-state index >= 15 is 0 Å². The number of hydrogen-bond donors (Lipinski definition) is 1. The van der Waals surface area contributed by atoms with Gasteiger partial charge in [0.05, 0.1) is 13.3 Å². The lowest BCUT2D eigenvalue weighted by molar-refractivity contribution is -0.111. The number of aryl methyl sites for hydroxylation is 1. The zero-order chi connectivity index (χ0) is 28.2. The maximum atomic E-state index is 13.2. The fourth-order valence-corrected chi connectivity index (χ4v) is 5.07. The highest BCUT2D eigenvalue weighted by atomic mass is 16.5. The second kappa shape index (κ2) is 11.8. The van der Waals surface area contributed by atoms with Crippen LogP contribution in [-0.4, -0.2) is 61.4 Å². The number of pyridine rings is 1. The van der Waals surface area contributed by atoms with Gasteiger partial charge in [0, 0.05) is 60.6 Å². The Morgan fingerprint density at radius 2 is 1.90 bits per heavy atom. The molecule has 8 heteroatoms. The van der Waals surface area contributed by atoms with Gasteiger partial charge in [-0.1, -0.05) is 19.6 Å². The molecule has 0 bridgehead atoms. The van der Waals surface area contributed by atoms with Crippen LogP contribution in [0.3, 0.4) is 0 Å². The summed E-state index contributed by atoms with van der Waals surface area (Å²) in [6.07, 6.45) is 3.41. The van der Waals surface area contributed by atoms with Crippen molar-refractivity contribution in [2.45, 2.75) is 20.3 Å². The second-order valence-corrected chi connectivity index (χ2v) is 10.0. The first-order valence-electron chi connectivity index (χ1n) is 13.5. The number of anilines is 2. The first kappa shape index (κ1) is 27.1. The average Bonchev–Trinajstić information content (AvgIpc) is 3.40. The van der Waals surface area contributed by atoms with Crippen LogP contribution in [0, 0.1) is 6.92 Å². The number of carbonyl (C=O) groups excluding carboxylic acids is 2. The summed E-state index contributed by atoms with van der Waals surface area (Å²) in [5.41, 5.74) is 5.51.